The molecule has 0 aliphatic carbocycles. The van der Waals surface area contributed by atoms with E-state index in [1.807, 2.05) is 47.8 Å². The highest BCUT2D eigenvalue weighted by Gasteiger charge is 2.09. The van der Waals surface area contributed by atoms with Crippen molar-refractivity contribution in [1.29, 1.82) is 0 Å². The molecule has 0 saturated heterocycles. The summed E-state index contributed by atoms with van der Waals surface area (Å²) in [6.45, 7) is 2.68. The standard InChI is InChI=1S/C20H21N3O2S/c1-14(12-25-2)21-20-23-18(13-26-20)15-8-10-17(11-9-15)22-19(24)16-6-4-3-5-7-16/h3-11,13-14H,12H2,1-2H3,(H,21,23)(H,22,24)/t14-/m0/s1. The number of hydrogen-bond acceptors (Lipinski definition) is 5. The van der Waals surface area contributed by atoms with Crippen LogP contribution in [0.4, 0.5) is 10.8 Å². The number of carbonyl (C=O) groups excluding carboxylic acids is 1. The predicted octanol–water partition coefficient (Wildman–Crippen LogP) is 4.51. The summed E-state index contributed by atoms with van der Waals surface area (Å²) in [5, 5.41) is 9.09. The number of carbonyl (C=O) groups is 1. The van der Waals surface area contributed by atoms with Gasteiger partial charge in [-0.05, 0) is 31.2 Å². The van der Waals surface area contributed by atoms with Crippen LogP contribution in [0.5, 0.6) is 0 Å². The van der Waals surface area contributed by atoms with Crippen LogP contribution in [0.15, 0.2) is 60.0 Å². The molecule has 6 heteroatoms. The Hall–Kier alpha value is -2.70. The largest absolute Gasteiger partial charge is 0.383 e. The summed E-state index contributed by atoms with van der Waals surface area (Å²) in [5.74, 6) is -0.120. The maximum atomic E-state index is 12.2. The second kappa shape index (κ2) is 8.60. The third kappa shape index (κ3) is 4.68. The van der Waals surface area contributed by atoms with Gasteiger partial charge in [0, 0.05) is 35.3 Å². The van der Waals surface area contributed by atoms with Crippen molar-refractivity contribution in [3.8, 4) is 11.3 Å². The van der Waals surface area contributed by atoms with Crippen LogP contribution in [-0.2, 0) is 4.74 Å². The molecule has 26 heavy (non-hydrogen) atoms. The van der Waals surface area contributed by atoms with Crippen LogP contribution in [-0.4, -0.2) is 30.6 Å². The smallest absolute Gasteiger partial charge is 0.255 e. The Morgan fingerprint density at radius 1 is 1.15 bits per heavy atom. The molecule has 1 aromatic heterocycles. The van der Waals surface area contributed by atoms with Crippen LogP contribution in [0.1, 0.15) is 17.3 Å². The molecule has 1 amide bonds. The minimum atomic E-state index is -0.120. The van der Waals surface area contributed by atoms with Crippen molar-refractivity contribution in [3.63, 3.8) is 0 Å². The van der Waals surface area contributed by atoms with Crippen LogP contribution in [0.3, 0.4) is 0 Å². The number of methoxy groups -OCH3 is 1. The van der Waals surface area contributed by atoms with Crippen LogP contribution >= 0.6 is 11.3 Å². The van der Waals surface area contributed by atoms with E-state index in [9.17, 15) is 4.79 Å². The molecule has 3 aromatic rings. The van der Waals surface area contributed by atoms with Gasteiger partial charge in [-0.1, -0.05) is 30.3 Å². The summed E-state index contributed by atoms with van der Waals surface area (Å²) in [4.78, 5) is 16.8. The molecule has 2 aromatic carbocycles. The third-order valence-corrected chi connectivity index (χ3v) is 4.54. The summed E-state index contributed by atoms with van der Waals surface area (Å²) < 4.78 is 5.12. The monoisotopic (exact) mass is 367 g/mol. The Balaban J connectivity index is 1.64. The lowest BCUT2D eigenvalue weighted by Gasteiger charge is -2.10. The van der Waals surface area contributed by atoms with Crippen LogP contribution < -0.4 is 10.6 Å². The van der Waals surface area contributed by atoms with E-state index in [2.05, 4.69) is 22.5 Å². The first kappa shape index (κ1) is 18.1. The molecule has 2 N–H and O–H groups in total. The van der Waals surface area contributed by atoms with Gasteiger partial charge in [-0.3, -0.25) is 4.79 Å². The number of thiazole rings is 1. The summed E-state index contributed by atoms with van der Waals surface area (Å²) in [7, 11) is 1.68. The average Bonchev–Trinajstić information content (AvgIpc) is 3.11. The summed E-state index contributed by atoms with van der Waals surface area (Å²) >= 11 is 1.56. The minimum Gasteiger partial charge on any atom is -0.383 e. The fourth-order valence-corrected chi connectivity index (χ4v) is 3.32. The van der Waals surface area contributed by atoms with Gasteiger partial charge in [0.15, 0.2) is 5.13 Å². The molecule has 0 unspecified atom stereocenters. The topological polar surface area (TPSA) is 63.2 Å². The van der Waals surface area contributed by atoms with Crippen molar-refractivity contribution in [1.82, 2.24) is 4.98 Å². The number of nitrogens with one attached hydrogen (secondary N) is 2. The molecular weight excluding hydrogens is 346 g/mol. The van der Waals surface area contributed by atoms with Gasteiger partial charge in [-0.15, -0.1) is 11.3 Å². The number of rotatable bonds is 7. The Kier molecular flexibility index (Phi) is 5.99. The molecule has 134 valence electrons. The molecule has 0 bridgehead atoms. The molecule has 0 aliphatic heterocycles. The lowest BCUT2D eigenvalue weighted by Crippen LogP contribution is -2.20. The highest BCUT2D eigenvalue weighted by molar-refractivity contribution is 7.14. The molecule has 3 rings (SSSR count). The van der Waals surface area contributed by atoms with Gasteiger partial charge >= 0.3 is 0 Å². The molecule has 5 nitrogen and oxygen atoms in total. The fraction of sp³-hybridized carbons (Fsp3) is 0.200. The van der Waals surface area contributed by atoms with Crippen molar-refractivity contribution < 1.29 is 9.53 Å². The van der Waals surface area contributed by atoms with Gasteiger partial charge in [-0.2, -0.15) is 0 Å². The van der Waals surface area contributed by atoms with E-state index in [0.717, 1.165) is 22.1 Å². The van der Waals surface area contributed by atoms with Crippen molar-refractivity contribution in [3.05, 3.63) is 65.5 Å². The minimum absolute atomic E-state index is 0.120. The van der Waals surface area contributed by atoms with Gasteiger partial charge in [0.1, 0.15) is 0 Å². The van der Waals surface area contributed by atoms with E-state index >= 15 is 0 Å². The zero-order valence-corrected chi connectivity index (χ0v) is 15.5. The van der Waals surface area contributed by atoms with E-state index in [1.165, 1.54) is 0 Å². The first-order valence-electron chi connectivity index (χ1n) is 8.33. The summed E-state index contributed by atoms with van der Waals surface area (Å²) in [6.07, 6.45) is 0. The average molecular weight is 367 g/mol. The highest BCUT2D eigenvalue weighted by atomic mass is 32.1. The number of nitrogens with zero attached hydrogens (tertiary/aromatic N) is 1. The van der Waals surface area contributed by atoms with E-state index in [-0.39, 0.29) is 11.9 Å². The zero-order valence-electron chi connectivity index (χ0n) is 14.7. The SMILES string of the molecule is COC[C@H](C)Nc1nc(-c2ccc(NC(=O)c3ccccc3)cc2)cs1. The Bertz CT molecular complexity index is 847. The lowest BCUT2D eigenvalue weighted by atomic mass is 10.1. The van der Waals surface area contributed by atoms with Crippen LogP contribution in [0.25, 0.3) is 11.3 Å². The van der Waals surface area contributed by atoms with Crippen LogP contribution in [0.2, 0.25) is 0 Å². The lowest BCUT2D eigenvalue weighted by molar-refractivity contribution is 0.102. The van der Waals surface area contributed by atoms with Crippen LogP contribution in [0, 0.1) is 0 Å². The molecule has 1 heterocycles. The van der Waals surface area contributed by atoms with E-state index in [1.54, 1.807) is 30.6 Å². The highest BCUT2D eigenvalue weighted by Crippen LogP contribution is 2.26. The normalized spacial score (nSPS) is 11.8. The van der Waals surface area contributed by atoms with E-state index in [4.69, 9.17) is 4.74 Å². The van der Waals surface area contributed by atoms with Crippen molar-refractivity contribution in [2.75, 3.05) is 24.4 Å². The number of amides is 1. The van der Waals surface area contributed by atoms with Crippen molar-refractivity contribution in [2.24, 2.45) is 0 Å². The third-order valence-electron chi connectivity index (χ3n) is 3.77. The number of anilines is 2. The second-order valence-electron chi connectivity index (χ2n) is 5.94. The van der Waals surface area contributed by atoms with Gasteiger partial charge < -0.3 is 15.4 Å². The zero-order chi connectivity index (χ0) is 18.4. The number of ether oxygens (including phenoxy) is 1. The molecule has 0 radical (unpaired) electrons. The molecule has 0 aliphatic rings. The molecule has 0 fully saturated rings. The Labute approximate surface area is 157 Å². The van der Waals surface area contributed by atoms with Crippen molar-refractivity contribution >= 4 is 28.1 Å². The molecule has 0 spiro atoms. The Morgan fingerprint density at radius 2 is 1.88 bits per heavy atom. The van der Waals surface area contributed by atoms with Gasteiger partial charge in [-0.25, -0.2) is 4.98 Å². The number of benzene rings is 2. The second-order valence-corrected chi connectivity index (χ2v) is 6.79. The van der Waals surface area contributed by atoms with Gasteiger partial charge in [0.2, 0.25) is 0 Å². The quantitative estimate of drug-likeness (QED) is 0.645. The summed E-state index contributed by atoms with van der Waals surface area (Å²) in [5.41, 5.74) is 3.30. The maximum absolute atomic E-state index is 12.2. The fourth-order valence-electron chi connectivity index (χ4n) is 2.49. The van der Waals surface area contributed by atoms with Gasteiger partial charge in [0.05, 0.1) is 12.3 Å². The summed E-state index contributed by atoms with van der Waals surface area (Å²) in [6, 6.07) is 17.0. The molecular formula is C20H21N3O2S. The molecule has 1 atom stereocenters. The molecule has 0 saturated carbocycles. The predicted molar refractivity (Wildman–Crippen MR) is 107 cm³/mol. The van der Waals surface area contributed by atoms with Crippen molar-refractivity contribution in [2.45, 2.75) is 13.0 Å². The van der Waals surface area contributed by atoms with E-state index in [0.29, 0.717) is 12.2 Å². The Morgan fingerprint density at radius 3 is 2.58 bits per heavy atom. The first-order chi connectivity index (χ1) is 12.7. The maximum Gasteiger partial charge on any atom is 0.255 e. The number of hydrogen-bond donors (Lipinski definition) is 2. The number of aromatic nitrogens is 1. The van der Waals surface area contributed by atoms with E-state index < -0.39 is 0 Å². The first-order valence-corrected chi connectivity index (χ1v) is 9.21. The van der Waals surface area contributed by atoms with Gasteiger partial charge in [0.25, 0.3) is 5.91 Å².